The van der Waals surface area contributed by atoms with E-state index in [0.29, 0.717) is 28.6 Å². The van der Waals surface area contributed by atoms with Gasteiger partial charge in [0.25, 0.3) is 0 Å². The van der Waals surface area contributed by atoms with Crippen molar-refractivity contribution in [3.8, 4) is 11.3 Å². The number of halogens is 1. The van der Waals surface area contributed by atoms with Gasteiger partial charge in [0.1, 0.15) is 29.7 Å². The number of benzene rings is 2. The van der Waals surface area contributed by atoms with Crippen LogP contribution in [0.15, 0.2) is 53.4 Å². The van der Waals surface area contributed by atoms with Gasteiger partial charge in [0.15, 0.2) is 9.84 Å². The van der Waals surface area contributed by atoms with E-state index in [1.54, 1.807) is 28.8 Å². The first-order valence-corrected chi connectivity index (χ1v) is 11.2. The van der Waals surface area contributed by atoms with Crippen molar-refractivity contribution in [1.82, 2.24) is 14.9 Å². The van der Waals surface area contributed by atoms with E-state index in [0.717, 1.165) is 6.26 Å². The maximum atomic E-state index is 13.4. The molecule has 3 aromatic rings. The van der Waals surface area contributed by atoms with Gasteiger partial charge in [-0.2, -0.15) is 0 Å². The summed E-state index contributed by atoms with van der Waals surface area (Å²) in [5, 5.41) is 6.19. The van der Waals surface area contributed by atoms with E-state index in [9.17, 15) is 17.6 Å². The van der Waals surface area contributed by atoms with Crippen LogP contribution in [0.5, 0.6) is 0 Å². The Balaban J connectivity index is 1.84. The monoisotopic (exact) mass is 428 g/mol. The highest BCUT2D eigenvalue weighted by atomic mass is 32.2. The van der Waals surface area contributed by atoms with Crippen LogP contribution in [0.3, 0.4) is 0 Å². The molecular formula is C21H21FN4O3S. The standard InChI is InChI=1S/C21H21FN4O3S/c1-21(2)20-24-18(13-4-6-14(22)7-5-13)19(26(20)12-17(27)25-21)23-15-8-10-16(11-9-15)30(3,28)29/h4-11,23H,12H2,1-3H3,(H,25,27). The van der Waals surface area contributed by atoms with Crippen LogP contribution in [0, 0.1) is 5.82 Å². The third kappa shape index (κ3) is 3.68. The normalized spacial score (nSPS) is 15.4. The van der Waals surface area contributed by atoms with Gasteiger partial charge in [-0.15, -0.1) is 0 Å². The largest absolute Gasteiger partial charge is 0.342 e. The second-order valence-electron chi connectivity index (χ2n) is 7.82. The molecule has 0 radical (unpaired) electrons. The molecule has 2 N–H and O–H groups in total. The maximum absolute atomic E-state index is 13.4. The molecule has 156 valence electrons. The van der Waals surface area contributed by atoms with Gasteiger partial charge in [0, 0.05) is 17.5 Å². The fraction of sp³-hybridized carbons (Fsp3) is 0.238. The Morgan fingerprint density at radius 2 is 1.73 bits per heavy atom. The van der Waals surface area contributed by atoms with Crippen LogP contribution in [0.1, 0.15) is 19.7 Å². The van der Waals surface area contributed by atoms with E-state index in [2.05, 4.69) is 10.6 Å². The molecule has 1 amide bonds. The molecule has 0 saturated carbocycles. The fourth-order valence-corrected chi connectivity index (χ4v) is 4.16. The van der Waals surface area contributed by atoms with Crippen molar-refractivity contribution in [3.05, 3.63) is 60.2 Å². The van der Waals surface area contributed by atoms with E-state index >= 15 is 0 Å². The Bertz CT molecular complexity index is 1230. The molecule has 2 heterocycles. The first-order valence-electron chi connectivity index (χ1n) is 9.30. The summed E-state index contributed by atoms with van der Waals surface area (Å²) in [6, 6.07) is 12.3. The fourth-order valence-electron chi connectivity index (χ4n) is 3.53. The summed E-state index contributed by atoms with van der Waals surface area (Å²) < 4.78 is 38.7. The molecular weight excluding hydrogens is 407 g/mol. The zero-order valence-electron chi connectivity index (χ0n) is 16.7. The zero-order chi connectivity index (χ0) is 21.7. The van der Waals surface area contributed by atoms with Crippen LogP contribution in [0.25, 0.3) is 11.3 Å². The molecule has 2 aromatic carbocycles. The Hall–Kier alpha value is -3.20. The van der Waals surface area contributed by atoms with Crippen LogP contribution < -0.4 is 10.6 Å². The lowest BCUT2D eigenvalue weighted by Gasteiger charge is -2.31. The smallest absolute Gasteiger partial charge is 0.240 e. The lowest BCUT2D eigenvalue weighted by atomic mass is 10.0. The number of amides is 1. The van der Waals surface area contributed by atoms with Gasteiger partial charge < -0.3 is 15.2 Å². The minimum absolute atomic E-state index is 0.0801. The summed E-state index contributed by atoms with van der Waals surface area (Å²) in [6.45, 7) is 3.81. The van der Waals surface area contributed by atoms with Crippen molar-refractivity contribution in [2.24, 2.45) is 0 Å². The number of anilines is 2. The van der Waals surface area contributed by atoms with Crippen molar-refractivity contribution in [2.75, 3.05) is 11.6 Å². The highest BCUT2D eigenvalue weighted by molar-refractivity contribution is 7.90. The molecule has 4 rings (SSSR count). The van der Waals surface area contributed by atoms with Gasteiger partial charge in [-0.05, 0) is 62.4 Å². The molecule has 1 aliphatic heterocycles. The third-order valence-corrected chi connectivity index (χ3v) is 6.07. The molecule has 7 nitrogen and oxygen atoms in total. The van der Waals surface area contributed by atoms with Gasteiger partial charge in [0.05, 0.1) is 10.4 Å². The maximum Gasteiger partial charge on any atom is 0.240 e. The number of carbonyl (C=O) groups is 1. The lowest BCUT2D eigenvalue weighted by Crippen LogP contribution is -2.49. The Kier molecular flexibility index (Phi) is 4.65. The average Bonchev–Trinajstić information content (AvgIpc) is 3.01. The summed E-state index contributed by atoms with van der Waals surface area (Å²) in [5.41, 5.74) is 1.21. The van der Waals surface area contributed by atoms with E-state index in [-0.39, 0.29) is 23.2 Å². The molecule has 0 saturated heterocycles. The van der Waals surface area contributed by atoms with E-state index in [1.165, 1.54) is 24.3 Å². The third-order valence-electron chi connectivity index (χ3n) is 4.94. The number of imidazole rings is 1. The summed E-state index contributed by atoms with van der Waals surface area (Å²) >= 11 is 0. The molecule has 9 heteroatoms. The molecule has 1 aromatic heterocycles. The van der Waals surface area contributed by atoms with Gasteiger partial charge in [-0.1, -0.05) is 0 Å². The topological polar surface area (TPSA) is 93.1 Å². The predicted octanol–water partition coefficient (Wildman–Crippen LogP) is 3.20. The Labute approximate surface area is 173 Å². The van der Waals surface area contributed by atoms with Gasteiger partial charge in [-0.3, -0.25) is 4.79 Å². The van der Waals surface area contributed by atoms with Gasteiger partial charge in [-0.25, -0.2) is 17.8 Å². The first kappa shape index (κ1) is 20.1. The predicted molar refractivity (Wildman–Crippen MR) is 112 cm³/mol. The summed E-state index contributed by atoms with van der Waals surface area (Å²) in [6.07, 6.45) is 1.15. The lowest BCUT2D eigenvalue weighted by molar-refractivity contribution is -0.124. The van der Waals surface area contributed by atoms with Crippen molar-refractivity contribution in [3.63, 3.8) is 0 Å². The number of rotatable bonds is 4. The number of aromatic nitrogens is 2. The molecule has 1 aliphatic rings. The number of carbonyl (C=O) groups excluding carboxylic acids is 1. The summed E-state index contributed by atoms with van der Waals surface area (Å²) in [7, 11) is -3.31. The van der Waals surface area contributed by atoms with E-state index < -0.39 is 15.4 Å². The number of hydrogen-bond donors (Lipinski definition) is 2. The van der Waals surface area contributed by atoms with Crippen LogP contribution in [-0.2, 0) is 26.7 Å². The second kappa shape index (κ2) is 6.94. The second-order valence-corrected chi connectivity index (χ2v) is 9.84. The molecule has 0 spiro atoms. The van der Waals surface area contributed by atoms with Crippen molar-refractivity contribution in [2.45, 2.75) is 30.8 Å². The van der Waals surface area contributed by atoms with Crippen LogP contribution in [0.2, 0.25) is 0 Å². The summed E-state index contributed by atoms with van der Waals surface area (Å²) in [5.74, 6) is 0.736. The van der Waals surface area contributed by atoms with Crippen LogP contribution in [0.4, 0.5) is 15.9 Å². The molecule has 0 bridgehead atoms. The quantitative estimate of drug-likeness (QED) is 0.666. The van der Waals surface area contributed by atoms with Crippen molar-refractivity contribution < 1.29 is 17.6 Å². The summed E-state index contributed by atoms with van der Waals surface area (Å²) in [4.78, 5) is 17.3. The van der Waals surface area contributed by atoms with Crippen molar-refractivity contribution >= 4 is 27.2 Å². The SMILES string of the molecule is CC1(C)NC(=O)Cn2c1nc(-c1ccc(F)cc1)c2Nc1ccc(S(C)(=O)=O)cc1. The molecule has 0 unspecified atom stereocenters. The van der Waals surface area contributed by atoms with Crippen molar-refractivity contribution in [1.29, 1.82) is 0 Å². The molecule has 0 fully saturated rings. The first-order chi connectivity index (χ1) is 14.0. The molecule has 0 atom stereocenters. The van der Waals surface area contributed by atoms with E-state index in [4.69, 9.17) is 4.98 Å². The Morgan fingerprint density at radius 3 is 2.33 bits per heavy atom. The highest BCUT2D eigenvalue weighted by Crippen LogP contribution is 2.36. The number of sulfone groups is 1. The van der Waals surface area contributed by atoms with Gasteiger partial charge >= 0.3 is 0 Å². The number of nitrogens with zero attached hydrogens (tertiary/aromatic N) is 2. The van der Waals surface area contributed by atoms with E-state index in [1.807, 2.05) is 13.8 Å². The van der Waals surface area contributed by atoms with Crippen LogP contribution >= 0.6 is 0 Å². The highest BCUT2D eigenvalue weighted by Gasteiger charge is 2.36. The molecule has 0 aliphatic carbocycles. The number of hydrogen-bond acceptors (Lipinski definition) is 5. The number of fused-ring (bicyclic) bond motifs is 1. The van der Waals surface area contributed by atoms with Crippen LogP contribution in [-0.4, -0.2) is 30.1 Å². The minimum Gasteiger partial charge on any atom is -0.342 e. The minimum atomic E-state index is -3.31. The number of nitrogens with one attached hydrogen (secondary N) is 2. The Morgan fingerprint density at radius 1 is 1.10 bits per heavy atom. The van der Waals surface area contributed by atoms with Gasteiger partial charge in [0.2, 0.25) is 5.91 Å². The average molecular weight is 428 g/mol. The zero-order valence-corrected chi connectivity index (χ0v) is 17.5. The molecule has 30 heavy (non-hydrogen) atoms.